The summed E-state index contributed by atoms with van der Waals surface area (Å²) in [4.78, 5) is 13.3. The van der Waals surface area contributed by atoms with Crippen molar-refractivity contribution in [2.45, 2.75) is 31.6 Å². The molecule has 114 valence electrons. The molecule has 21 heavy (non-hydrogen) atoms. The molecule has 2 fully saturated rings. The summed E-state index contributed by atoms with van der Waals surface area (Å²) in [6.07, 6.45) is 2.56. The van der Waals surface area contributed by atoms with Crippen molar-refractivity contribution < 1.29 is 19.4 Å². The number of morpholine rings is 1. The summed E-state index contributed by atoms with van der Waals surface area (Å²) in [5, 5.41) is 9.05. The van der Waals surface area contributed by atoms with Crippen molar-refractivity contribution in [3.05, 3.63) is 35.4 Å². The average Bonchev–Trinajstić information content (AvgIpc) is 3.02. The smallest absolute Gasteiger partial charge is 0.335 e. The molecule has 5 heteroatoms. The van der Waals surface area contributed by atoms with Crippen LogP contribution in [0.5, 0.6) is 0 Å². The van der Waals surface area contributed by atoms with Gasteiger partial charge < -0.3 is 14.6 Å². The van der Waals surface area contributed by atoms with E-state index >= 15 is 0 Å². The Bertz CT molecular complexity index is 499. The summed E-state index contributed by atoms with van der Waals surface area (Å²) in [6.45, 7) is 4.03. The maximum Gasteiger partial charge on any atom is 0.335 e. The summed E-state index contributed by atoms with van der Waals surface area (Å²) in [7, 11) is 0. The number of nitrogens with zero attached hydrogens (tertiary/aromatic N) is 1. The molecule has 2 unspecified atom stereocenters. The minimum absolute atomic E-state index is 0.143. The molecule has 2 heterocycles. The number of carboxylic acid groups (broad SMARTS) is 1. The van der Waals surface area contributed by atoms with Gasteiger partial charge in [0.2, 0.25) is 0 Å². The molecule has 3 rings (SSSR count). The van der Waals surface area contributed by atoms with E-state index in [4.69, 9.17) is 14.6 Å². The van der Waals surface area contributed by atoms with Crippen LogP contribution in [-0.2, 0) is 16.0 Å². The van der Waals surface area contributed by atoms with E-state index in [2.05, 4.69) is 4.90 Å². The fourth-order valence-electron chi connectivity index (χ4n) is 3.06. The molecule has 0 saturated carbocycles. The lowest BCUT2D eigenvalue weighted by Gasteiger charge is -2.35. The molecule has 2 atom stereocenters. The Balaban J connectivity index is 1.61. The third kappa shape index (κ3) is 3.61. The van der Waals surface area contributed by atoms with E-state index in [1.54, 1.807) is 18.2 Å². The van der Waals surface area contributed by atoms with Crippen LogP contribution in [0.15, 0.2) is 24.3 Å². The maximum atomic E-state index is 11.0. The number of aromatic carboxylic acids is 1. The first-order valence-corrected chi connectivity index (χ1v) is 7.50. The lowest BCUT2D eigenvalue weighted by Crippen LogP contribution is -2.47. The Morgan fingerprint density at radius 1 is 1.29 bits per heavy atom. The fraction of sp³-hybridized carbons (Fsp3) is 0.562. The summed E-state index contributed by atoms with van der Waals surface area (Å²) < 4.78 is 11.5. The molecule has 1 aromatic carbocycles. The van der Waals surface area contributed by atoms with Gasteiger partial charge in [0.25, 0.3) is 0 Å². The zero-order valence-corrected chi connectivity index (χ0v) is 12.0. The monoisotopic (exact) mass is 291 g/mol. The molecule has 0 amide bonds. The predicted molar refractivity (Wildman–Crippen MR) is 77.4 cm³/mol. The van der Waals surface area contributed by atoms with Crippen molar-refractivity contribution >= 4 is 5.97 Å². The molecular formula is C16H21NO4. The molecule has 0 aromatic heterocycles. The van der Waals surface area contributed by atoms with E-state index in [1.165, 1.54) is 0 Å². The molecule has 2 saturated heterocycles. The topological polar surface area (TPSA) is 59.0 Å². The van der Waals surface area contributed by atoms with Gasteiger partial charge >= 0.3 is 5.97 Å². The first-order valence-electron chi connectivity index (χ1n) is 7.50. The van der Waals surface area contributed by atoms with Gasteiger partial charge in [0.15, 0.2) is 0 Å². The molecule has 1 N–H and O–H groups in total. The van der Waals surface area contributed by atoms with E-state index in [0.717, 1.165) is 44.6 Å². The highest BCUT2D eigenvalue weighted by molar-refractivity contribution is 5.87. The fourth-order valence-corrected chi connectivity index (χ4v) is 3.06. The molecule has 0 spiro atoms. The molecule has 0 aliphatic carbocycles. The lowest BCUT2D eigenvalue weighted by atomic mass is 10.1. The quantitative estimate of drug-likeness (QED) is 0.916. The van der Waals surface area contributed by atoms with Gasteiger partial charge in [0.1, 0.15) is 0 Å². The largest absolute Gasteiger partial charge is 0.478 e. The molecule has 0 bridgehead atoms. The summed E-state index contributed by atoms with van der Waals surface area (Å²) in [5.74, 6) is -0.879. The molecule has 2 aliphatic rings. The van der Waals surface area contributed by atoms with Gasteiger partial charge in [0.05, 0.1) is 24.4 Å². The van der Waals surface area contributed by atoms with Crippen LogP contribution in [-0.4, -0.2) is 54.5 Å². The number of rotatable bonds is 4. The third-order valence-corrected chi connectivity index (χ3v) is 4.14. The van der Waals surface area contributed by atoms with Crippen LogP contribution in [0.4, 0.5) is 0 Å². The standard InChI is InChI=1S/C16H21NO4/c18-16(19)13-4-1-3-12(9-13)10-17-6-8-21-15(11-17)14-5-2-7-20-14/h1,3-4,9,14-15H,2,5-8,10-11H2,(H,18,19). The minimum atomic E-state index is -0.879. The molecular weight excluding hydrogens is 270 g/mol. The Morgan fingerprint density at radius 2 is 2.14 bits per heavy atom. The maximum absolute atomic E-state index is 11.0. The van der Waals surface area contributed by atoms with Crippen molar-refractivity contribution in [1.29, 1.82) is 0 Å². The highest BCUT2D eigenvalue weighted by Gasteiger charge is 2.31. The first-order chi connectivity index (χ1) is 10.2. The average molecular weight is 291 g/mol. The number of carboxylic acids is 1. The zero-order valence-electron chi connectivity index (χ0n) is 12.0. The van der Waals surface area contributed by atoms with Gasteiger partial charge in [-0.1, -0.05) is 12.1 Å². The summed E-state index contributed by atoms with van der Waals surface area (Å²) in [6, 6.07) is 7.15. The zero-order chi connectivity index (χ0) is 14.7. The number of benzene rings is 1. The van der Waals surface area contributed by atoms with E-state index in [0.29, 0.717) is 12.2 Å². The Labute approximate surface area is 124 Å². The van der Waals surface area contributed by atoms with Gasteiger partial charge in [-0.25, -0.2) is 4.79 Å². The van der Waals surface area contributed by atoms with Gasteiger partial charge in [-0.05, 0) is 30.5 Å². The van der Waals surface area contributed by atoms with E-state index in [1.807, 2.05) is 6.07 Å². The van der Waals surface area contributed by atoms with Crippen molar-refractivity contribution in [3.63, 3.8) is 0 Å². The summed E-state index contributed by atoms with van der Waals surface area (Å²) in [5.41, 5.74) is 1.37. The van der Waals surface area contributed by atoms with Crippen molar-refractivity contribution in [2.75, 3.05) is 26.3 Å². The second-order valence-corrected chi connectivity index (χ2v) is 5.70. The number of ether oxygens (including phenoxy) is 2. The van der Waals surface area contributed by atoms with Crippen LogP contribution < -0.4 is 0 Å². The Morgan fingerprint density at radius 3 is 2.90 bits per heavy atom. The Hall–Kier alpha value is -1.43. The number of carbonyl (C=O) groups is 1. The number of hydrogen-bond donors (Lipinski definition) is 1. The lowest BCUT2D eigenvalue weighted by molar-refractivity contribution is -0.0959. The SMILES string of the molecule is O=C(O)c1cccc(CN2CCOC(C3CCCO3)C2)c1. The second-order valence-electron chi connectivity index (χ2n) is 5.70. The van der Waals surface area contributed by atoms with Gasteiger partial charge in [-0.2, -0.15) is 0 Å². The summed E-state index contributed by atoms with van der Waals surface area (Å²) >= 11 is 0. The molecule has 1 aromatic rings. The van der Waals surface area contributed by atoms with Crippen LogP contribution in [0.3, 0.4) is 0 Å². The number of hydrogen-bond acceptors (Lipinski definition) is 4. The van der Waals surface area contributed by atoms with Crippen molar-refractivity contribution in [1.82, 2.24) is 4.90 Å². The highest BCUT2D eigenvalue weighted by Crippen LogP contribution is 2.22. The van der Waals surface area contributed by atoms with Gasteiger partial charge in [0, 0.05) is 26.2 Å². The third-order valence-electron chi connectivity index (χ3n) is 4.14. The Kier molecular flexibility index (Phi) is 4.53. The van der Waals surface area contributed by atoms with Crippen LogP contribution in [0.25, 0.3) is 0 Å². The van der Waals surface area contributed by atoms with Crippen LogP contribution >= 0.6 is 0 Å². The van der Waals surface area contributed by atoms with Gasteiger partial charge in [-0.15, -0.1) is 0 Å². The van der Waals surface area contributed by atoms with Crippen molar-refractivity contribution in [3.8, 4) is 0 Å². The van der Waals surface area contributed by atoms with Crippen LogP contribution in [0.2, 0.25) is 0 Å². The molecule has 2 aliphatic heterocycles. The van der Waals surface area contributed by atoms with E-state index in [9.17, 15) is 4.79 Å². The minimum Gasteiger partial charge on any atom is -0.478 e. The molecule has 5 nitrogen and oxygen atoms in total. The molecule has 0 radical (unpaired) electrons. The van der Waals surface area contributed by atoms with E-state index in [-0.39, 0.29) is 12.2 Å². The highest BCUT2D eigenvalue weighted by atomic mass is 16.5. The first kappa shape index (κ1) is 14.5. The van der Waals surface area contributed by atoms with Gasteiger partial charge in [-0.3, -0.25) is 4.90 Å². The predicted octanol–water partition coefficient (Wildman–Crippen LogP) is 1.76. The van der Waals surface area contributed by atoms with Crippen LogP contribution in [0.1, 0.15) is 28.8 Å². The van der Waals surface area contributed by atoms with Crippen LogP contribution in [0, 0.1) is 0 Å². The van der Waals surface area contributed by atoms with Crippen molar-refractivity contribution in [2.24, 2.45) is 0 Å². The second kappa shape index (κ2) is 6.56. The normalized spacial score (nSPS) is 26.9. The van der Waals surface area contributed by atoms with E-state index < -0.39 is 5.97 Å².